The lowest BCUT2D eigenvalue weighted by Gasteiger charge is -2.31. The highest BCUT2D eigenvalue weighted by molar-refractivity contribution is 5.72. The Kier molecular flexibility index (Phi) is 46.1. The summed E-state index contributed by atoms with van der Waals surface area (Å²) in [5.74, 6) is -1.45. The molecule has 0 saturated carbocycles. The number of nitrogens with zero attached hydrogens (tertiary/aromatic N) is 1. The van der Waals surface area contributed by atoms with Crippen LogP contribution >= 0.6 is 0 Å². The van der Waals surface area contributed by atoms with Crippen LogP contribution in [0.4, 0.5) is 0 Å². The summed E-state index contributed by atoms with van der Waals surface area (Å²) in [5, 5.41) is 9.66. The number of rotatable bonds is 51. The average molecular weight is 907 g/mol. The molecule has 0 saturated heterocycles. The number of hydrogen-bond donors (Lipinski definition) is 1. The number of carbonyl (C=O) groups excluding carboxylic acids is 2. The normalized spacial score (nSPS) is 12.8. The van der Waals surface area contributed by atoms with Crippen molar-refractivity contribution in [2.75, 3.05) is 41.0 Å². The van der Waals surface area contributed by atoms with Gasteiger partial charge in [-0.1, -0.05) is 231 Å². The zero-order chi connectivity index (χ0) is 47.0. The van der Waals surface area contributed by atoms with Crippen molar-refractivity contribution in [1.82, 2.24) is 0 Å². The summed E-state index contributed by atoms with van der Waals surface area (Å²) >= 11 is 0. The molecule has 378 valence electrons. The fraction of sp³-hybridized carbons (Fsp3) is 0.911. The van der Waals surface area contributed by atoms with E-state index < -0.39 is 18.1 Å². The molecule has 0 aliphatic carbocycles. The maximum absolute atomic E-state index is 12.8. The van der Waals surface area contributed by atoms with Gasteiger partial charge in [0.1, 0.15) is 6.61 Å². The van der Waals surface area contributed by atoms with E-state index in [1.54, 1.807) is 0 Å². The Bertz CT molecular complexity index is 1060. The summed E-state index contributed by atoms with van der Waals surface area (Å²) in [4.78, 5) is 37.2. The lowest BCUT2D eigenvalue weighted by Crippen LogP contribution is -2.50. The number of hydrogen-bond acceptors (Lipinski definition) is 6. The van der Waals surface area contributed by atoms with Crippen LogP contribution in [0, 0.1) is 0 Å². The molecule has 8 heteroatoms. The smallest absolute Gasteiger partial charge is 0.362 e. The molecule has 8 nitrogen and oxygen atoms in total. The maximum Gasteiger partial charge on any atom is 0.362 e. The van der Waals surface area contributed by atoms with Gasteiger partial charge in [-0.3, -0.25) is 9.59 Å². The van der Waals surface area contributed by atoms with Crippen LogP contribution in [-0.4, -0.2) is 80.6 Å². The molecular weight excluding hydrogens is 799 g/mol. The first kappa shape index (κ1) is 62.1. The monoisotopic (exact) mass is 907 g/mol. The molecule has 2 atom stereocenters. The Morgan fingerprint density at radius 1 is 0.453 bits per heavy atom. The highest BCUT2D eigenvalue weighted by atomic mass is 16.6. The first-order chi connectivity index (χ1) is 31.1. The van der Waals surface area contributed by atoms with Gasteiger partial charge in [0, 0.05) is 19.3 Å². The number of carboxylic acid groups (broad SMARTS) is 1. The minimum atomic E-state index is -0.870. The standard InChI is InChI=1S/C56H107NO7/c1-6-8-10-12-14-16-18-20-22-24-26-27-28-29-31-32-34-36-38-40-42-44-46-54(58)63-51-52(50-62-49-48-53(56(60)61)57(3,4)5)64-55(59)47-45-43-41-39-37-35-33-30-25-23-21-19-17-15-13-11-9-7-2/h28-29,52-53H,6-27,30-51H2,1-5H3/p+1/b29-28+. The van der Waals surface area contributed by atoms with Gasteiger partial charge in [-0.05, 0) is 38.5 Å². The number of aliphatic carboxylic acids is 1. The van der Waals surface area contributed by atoms with Crippen LogP contribution in [0.25, 0.3) is 0 Å². The van der Waals surface area contributed by atoms with Gasteiger partial charge in [0.05, 0.1) is 34.4 Å². The first-order valence-corrected chi connectivity index (χ1v) is 27.7. The number of ether oxygens (including phenoxy) is 3. The molecule has 0 aromatic heterocycles. The molecule has 0 rings (SSSR count). The molecule has 0 aliphatic heterocycles. The second kappa shape index (κ2) is 47.6. The number of esters is 2. The van der Waals surface area contributed by atoms with Crippen molar-refractivity contribution in [3.8, 4) is 0 Å². The van der Waals surface area contributed by atoms with Gasteiger partial charge in [0.25, 0.3) is 0 Å². The van der Waals surface area contributed by atoms with E-state index in [1.807, 2.05) is 21.1 Å². The third-order valence-corrected chi connectivity index (χ3v) is 12.9. The number of carboxylic acids is 1. The molecule has 0 amide bonds. The Hall–Kier alpha value is -1.93. The van der Waals surface area contributed by atoms with E-state index in [9.17, 15) is 19.5 Å². The molecule has 2 unspecified atom stereocenters. The fourth-order valence-electron chi connectivity index (χ4n) is 8.62. The van der Waals surface area contributed by atoms with Crippen LogP contribution < -0.4 is 0 Å². The zero-order valence-corrected chi connectivity index (χ0v) is 43.3. The summed E-state index contributed by atoms with van der Waals surface area (Å²) in [6, 6.07) is -0.612. The van der Waals surface area contributed by atoms with Crippen molar-refractivity contribution >= 4 is 17.9 Å². The van der Waals surface area contributed by atoms with Crippen LogP contribution in [0.15, 0.2) is 12.2 Å². The molecule has 0 fully saturated rings. The van der Waals surface area contributed by atoms with E-state index in [4.69, 9.17) is 14.2 Å². The minimum absolute atomic E-state index is 0.0465. The van der Waals surface area contributed by atoms with Gasteiger partial charge in [0.2, 0.25) is 0 Å². The predicted molar refractivity (Wildman–Crippen MR) is 271 cm³/mol. The SMILES string of the molecule is CCCCCCCCCCCCC/C=C/CCCCCCCCCC(=O)OCC(COCCC(C(=O)O)[N+](C)(C)C)OC(=O)CCCCCCCCCCCCCCCCCCCC. The van der Waals surface area contributed by atoms with Gasteiger partial charge in [-0.2, -0.15) is 0 Å². The predicted octanol–water partition coefficient (Wildman–Crippen LogP) is 16.2. The second-order valence-electron chi connectivity index (χ2n) is 20.2. The summed E-state index contributed by atoms with van der Waals surface area (Å²) in [7, 11) is 5.55. The third-order valence-electron chi connectivity index (χ3n) is 12.9. The van der Waals surface area contributed by atoms with Crippen molar-refractivity contribution in [1.29, 1.82) is 0 Å². The van der Waals surface area contributed by atoms with Crippen molar-refractivity contribution in [3.05, 3.63) is 12.2 Å². The number of carbonyl (C=O) groups is 3. The van der Waals surface area contributed by atoms with Crippen LogP contribution in [0.1, 0.15) is 277 Å². The van der Waals surface area contributed by atoms with Gasteiger partial charge < -0.3 is 23.8 Å². The molecule has 0 radical (unpaired) electrons. The van der Waals surface area contributed by atoms with Crippen LogP contribution in [-0.2, 0) is 28.6 Å². The van der Waals surface area contributed by atoms with Crippen molar-refractivity contribution < 1.29 is 38.2 Å². The quantitative estimate of drug-likeness (QED) is 0.0281. The van der Waals surface area contributed by atoms with Gasteiger partial charge in [0.15, 0.2) is 12.1 Å². The van der Waals surface area contributed by atoms with Gasteiger partial charge in [-0.15, -0.1) is 0 Å². The number of unbranched alkanes of at least 4 members (excludes halogenated alkanes) is 35. The largest absolute Gasteiger partial charge is 0.477 e. The number of quaternary nitrogens is 1. The molecule has 0 bridgehead atoms. The Labute approximate surface area is 397 Å². The van der Waals surface area contributed by atoms with Crippen LogP contribution in [0.3, 0.4) is 0 Å². The van der Waals surface area contributed by atoms with Crippen molar-refractivity contribution in [2.45, 2.75) is 289 Å². The highest BCUT2D eigenvalue weighted by Gasteiger charge is 2.31. The molecule has 0 aromatic carbocycles. The molecular formula is C56H108NO7+. The van der Waals surface area contributed by atoms with Crippen molar-refractivity contribution in [3.63, 3.8) is 0 Å². The van der Waals surface area contributed by atoms with E-state index in [0.717, 1.165) is 38.5 Å². The summed E-state index contributed by atoms with van der Waals surface area (Å²) < 4.78 is 17.4. The molecule has 1 N–H and O–H groups in total. The van der Waals surface area contributed by atoms with E-state index in [1.165, 1.54) is 205 Å². The fourth-order valence-corrected chi connectivity index (χ4v) is 8.62. The van der Waals surface area contributed by atoms with E-state index in [2.05, 4.69) is 26.0 Å². The average Bonchev–Trinajstić information content (AvgIpc) is 3.26. The van der Waals surface area contributed by atoms with Crippen molar-refractivity contribution in [2.24, 2.45) is 0 Å². The third kappa shape index (κ3) is 45.2. The Morgan fingerprint density at radius 3 is 1.12 bits per heavy atom. The van der Waals surface area contributed by atoms with Gasteiger partial charge >= 0.3 is 17.9 Å². The second-order valence-corrected chi connectivity index (χ2v) is 20.2. The minimum Gasteiger partial charge on any atom is -0.477 e. The number of likely N-dealkylation sites (N-methyl/N-ethyl adjacent to an activating group) is 1. The number of allylic oxidation sites excluding steroid dienone is 2. The highest BCUT2D eigenvalue weighted by Crippen LogP contribution is 2.17. The molecule has 0 spiro atoms. The Morgan fingerprint density at radius 2 is 0.781 bits per heavy atom. The van der Waals surface area contributed by atoms with Crippen LogP contribution in [0.2, 0.25) is 0 Å². The molecule has 0 aliphatic rings. The molecule has 0 heterocycles. The molecule has 64 heavy (non-hydrogen) atoms. The zero-order valence-electron chi connectivity index (χ0n) is 43.3. The van der Waals surface area contributed by atoms with Crippen LogP contribution in [0.5, 0.6) is 0 Å². The van der Waals surface area contributed by atoms with Gasteiger partial charge in [-0.25, -0.2) is 4.79 Å². The summed E-state index contributed by atoms with van der Waals surface area (Å²) in [6.45, 7) is 4.79. The van der Waals surface area contributed by atoms with E-state index >= 15 is 0 Å². The summed E-state index contributed by atoms with van der Waals surface area (Å²) in [6.07, 6.45) is 54.1. The molecule has 0 aromatic rings. The topological polar surface area (TPSA) is 99.1 Å². The summed E-state index contributed by atoms with van der Waals surface area (Å²) in [5.41, 5.74) is 0. The first-order valence-electron chi connectivity index (χ1n) is 27.7. The Balaban J connectivity index is 4.16. The lowest BCUT2D eigenvalue weighted by atomic mass is 10.0. The van der Waals surface area contributed by atoms with E-state index in [0.29, 0.717) is 19.3 Å². The lowest BCUT2D eigenvalue weighted by molar-refractivity contribution is -0.887. The maximum atomic E-state index is 12.8. The van der Waals surface area contributed by atoms with E-state index in [-0.39, 0.29) is 36.2 Å².